The van der Waals surface area contributed by atoms with Crippen LogP contribution in [0.15, 0.2) is 18.3 Å². The summed E-state index contributed by atoms with van der Waals surface area (Å²) in [6, 6.07) is 4.04. The van der Waals surface area contributed by atoms with E-state index in [1.54, 1.807) is 20.3 Å². The number of morpholine rings is 1. The summed E-state index contributed by atoms with van der Waals surface area (Å²) in [7, 11) is 3.66. The first-order valence-corrected chi connectivity index (χ1v) is 9.12. The molecule has 0 unspecified atom stereocenters. The Kier molecular flexibility index (Phi) is 5.96. The summed E-state index contributed by atoms with van der Waals surface area (Å²) in [6.07, 6.45) is 3.35. The van der Waals surface area contributed by atoms with Gasteiger partial charge in [0.2, 0.25) is 0 Å². The van der Waals surface area contributed by atoms with E-state index in [9.17, 15) is 8.42 Å². The Morgan fingerprint density at radius 2 is 2.09 bits per heavy atom. The second-order valence-electron chi connectivity index (χ2n) is 6.10. The molecule has 8 heteroatoms. The zero-order valence-electron chi connectivity index (χ0n) is 14.3. The molecule has 1 atom stereocenters. The van der Waals surface area contributed by atoms with Gasteiger partial charge in [-0.2, -0.15) is 17.0 Å². The molecule has 2 rings (SSSR count). The van der Waals surface area contributed by atoms with Gasteiger partial charge in [0.05, 0.1) is 12.7 Å². The van der Waals surface area contributed by atoms with E-state index in [0.717, 1.165) is 18.7 Å². The first-order valence-electron chi connectivity index (χ1n) is 7.72. The van der Waals surface area contributed by atoms with E-state index in [-0.39, 0.29) is 6.10 Å². The summed E-state index contributed by atoms with van der Waals surface area (Å²) < 4.78 is 32.9. The lowest BCUT2D eigenvalue weighted by Crippen LogP contribution is -2.49. The lowest BCUT2D eigenvalue weighted by Gasteiger charge is -2.33. The lowest BCUT2D eigenvalue weighted by molar-refractivity contribution is -0.00652. The van der Waals surface area contributed by atoms with Crippen LogP contribution in [0.4, 0.5) is 5.82 Å². The summed E-state index contributed by atoms with van der Waals surface area (Å²) in [4.78, 5) is 6.26. The second kappa shape index (κ2) is 7.57. The molecular weight excluding hydrogens is 316 g/mol. The van der Waals surface area contributed by atoms with Crippen molar-refractivity contribution >= 4 is 16.0 Å². The Labute approximate surface area is 139 Å². The third-order valence-corrected chi connectivity index (χ3v) is 5.82. The van der Waals surface area contributed by atoms with E-state index in [1.807, 2.05) is 25.1 Å². The molecule has 0 bridgehead atoms. The van der Waals surface area contributed by atoms with Crippen LogP contribution in [-0.2, 0) is 21.4 Å². The molecule has 23 heavy (non-hydrogen) atoms. The largest absolute Gasteiger partial charge is 0.375 e. The fraction of sp³-hybridized carbons (Fsp3) is 0.667. The van der Waals surface area contributed by atoms with Gasteiger partial charge in [-0.3, -0.25) is 0 Å². The average molecular weight is 342 g/mol. The minimum Gasteiger partial charge on any atom is -0.375 e. The second-order valence-corrected chi connectivity index (χ2v) is 8.24. The van der Waals surface area contributed by atoms with Crippen LogP contribution < -0.4 is 4.90 Å². The first kappa shape index (κ1) is 18.1. The van der Waals surface area contributed by atoms with Crippen LogP contribution in [0.1, 0.15) is 12.0 Å². The standard InChI is InChI=1S/C15H26N4O3S/c1-17(2)15-11-13(7-8-16-15)5-6-14-12-19(9-10-22-14)23(20,21)18(3)4/h7-8,11,14H,5-6,9-10,12H2,1-4H3/t14-/m1/s1. The number of hydrogen-bond acceptors (Lipinski definition) is 5. The zero-order valence-corrected chi connectivity index (χ0v) is 15.1. The molecule has 2 heterocycles. The smallest absolute Gasteiger partial charge is 0.281 e. The molecule has 0 N–H and O–H groups in total. The van der Waals surface area contributed by atoms with Crippen molar-refractivity contribution in [3.8, 4) is 0 Å². The van der Waals surface area contributed by atoms with Crippen molar-refractivity contribution in [3.05, 3.63) is 23.9 Å². The van der Waals surface area contributed by atoms with Gasteiger partial charge in [0, 0.05) is 47.5 Å². The first-order chi connectivity index (χ1) is 10.8. The predicted molar refractivity (Wildman–Crippen MR) is 90.8 cm³/mol. The van der Waals surface area contributed by atoms with Crippen LogP contribution in [0.5, 0.6) is 0 Å². The molecule has 0 radical (unpaired) electrons. The van der Waals surface area contributed by atoms with E-state index in [1.165, 1.54) is 14.2 Å². The van der Waals surface area contributed by atoms with E-state index < -0.39 is 10.2 Å². The third-order valence-electron chi connectivity index (χ3n) is 3.91. The highest BCUT2D eigenvalue weighted by Crippen LogP contribution is 2.17. The van der Waals surface area contributed by atoms with E-state index >= 15 is 0 Å². The minimum atomic E-state index is -3.36. The molecule has 7 nitrogen and oxygen atoms in total. The summed E-state index contributed by atoms with van der Waals surface area (Å²) in [5.74, 6) is 0.920. The van der Waals surface area contributed by atoms with Crippen molar-refractivity contribution in [2.24, 2.45) is 0 Å². The van der Waals surface area contributed by atoms with Gasteiger partial charge in [0.1, 0.15) is 5.82 Å². The van der Waals surface area contributed by atoms with Crippen molar-refractivity contribution < 1.29 is 13.2 Å². The highest BCUT2D eigenvalue weighted by atomic mass is 32.2. The molecule has 1 aliphatic heterocycles. The van der Waals surface area contributed by atoms with Crippen molar-refractivity contribution in [2.45, 2.75) is 18.9 Å². The summed E-state index contributed by atoms with van der Waals surface area (Å²) in [6.45, 7) is 1.26. The van der Waals surface area contributed by atoms with Crippen LogP contribution >= 0.6 is 0 Å². The van der Waals surface area contributed by atoms with Crippen LogP contribution in [0.25, 0.3) is 0 Å². The monoisotopic (exact) mass is 342 g/mol. The van der Waals surface area contributed by atoms with Gasteiger partial charge < -0.3 is 9.64 Å². The van der Waals surface area contributed by atoms with Gasteiger partial charge in [0.25, 0.3) is 10.2 Å². The molecular formula is C15H26N4O3S. The number of hydrogen-bond donors (Lipinski definition) is 0. The molecule has 1 saturated heterocycles. The number of pyridine rings is 1. The maximum Gasteiger partial charge on any atom is 0.281 e. The quantitative estimate of drug-likeness (QED) is 0.757. The molecule has 0 amide bonds. The lowest BCUT2D eigenvalue weighted by atomic mass is 10.1. The molecule has 0 aromatic carbocycles. The minimum absolute atomic E-state index is 0.0746. The SMILES string of the molecule is CN(C)c1cc(CC[C@@H]2CN(S(=O)(=O)N(C)C)CCO2)ccn1. The number of rotatable bonds is 6. The zero-order chi connectivity index (χ0) is 17.0. The van der Waals surface area contributed by atoms with Crippen LogP contribution in [-0.4, -0.2) is 76.0 Å². The van der Waals surface area contributed by atoms with Crippen molar-refractivity contribution in [1.82, 2.24) is 13.6 Å². The van der Waals surface area contributed by atoms with Gasteiger partial charge >= 0.3 is 0 Å². The Morgan fingerprint density at radius 3 is 2.74 bits per heavy atom. The normalized spacial score (nSPS) is 20.0. The van der Waals surface area contributed by atoms with Gasteiger partial charge in [-0.05, 0) is 30.5 Å². The molecule has 1 aromatic heterocycles. The van der Waals surface area contributed by atoms with E-state index in [0.29, 0.717) is 19.7 Å². The Balaban J connectivity index is 1.95. The van der Waals surface area contributed by atoms with E-state index in [2.05, 4.69) is 11.1 Å². The summed E-state index contributed by atoms with van der Waals surface area (Å²) in [5, 5.41) is 0. The van der Waals surface area contributed by atoms with Crippen LogP contribution in [0.3, 0.4) is 0 Å². The summed E-state index contributed by atoms with van der Waals surface area (Å²) in [5.41, 5.74) is 1.18. The van der Waals surface area contributed by atoms with Gasteiger partial charge in [-0.15, -0.1) is 0 Å². The molecule has 1 fully saturated rings. The number of aromatic nitrogens is 1. The molecule has 0 saturated carbocycles. The third kappa shape index (κ3) is 4.63. The molecule has 0 aliphatic carbocycles. The fourth-order valence-corrected chi connectivity index (χ4v) is 3.62. The van der Waals surface area contributed by atoms with E-state index in [4.69, 9.17) is 4.74 Å². The Bertz CT molecular complexity index is 619. The molecule has 1 aliphatic rings. The fourth-order valence-electron chi connectivity index (χ4n) is 2.50. The van der Waals surface area contributed by atoms with Crippen LogP contribution in [0.2, 0.25) is 0 Å². The van der Waals surface area contributed by atoms with Crippen molar-refractivity contribution in [3.63, 3.8) is 0 Å². The van der Waals surface area contributed by atoms with Crippen molar-refractivity contribution in [2.75, 3.05) is 52.8 Å². The number of ether oxygens (including phenoxy) is 1. The number of nitrogens with zero attached hydrogens (tertiary/aromatic N) is 4. The molecule has 1 aromatic rings. The average Bonchev–Trinajstić information content (AvgIpc) is 2.53. The maximum atomic E-state index is 12.2. The number of aryl methyl sites for hydroxylation is 1. The van der Waals surface area contributed by atoms with Crippen molar-refractivity contribution in [1.29, 1.82) is 0 Å². The maximum absolute atomic E-state index is 12.2. The topological polar surface area (TPSA) is 66.0 Å². The highest BCUT2D eigenvalue weighted by molar-refractivity contribution is 7.86. The highest BCUT2D eigenvalue weighted by Gasteiger charge is 2.30. The number of anilines is 1. The summed E-state index contributed by atoms with van der Waals surface area (Å²) >= 11 is 0. The molecule has 130 valence electrons. The Hall–Kier alpha value is -1.22. The van der Waals surface area contributed by atoms with Crippen LogP contribution in [0, 0.1) is 0 Å². The van der Waals surface area contributed by atoms with Gasteiger partial charge in [0.15, 0.2) is 0 Å². The predicted octanol–water partition coefficient (Wildman–Crippen LogP) is 0.587. The van der Waals surface area contributed by atoms with Gasteiger partial charge in [-0.25, -0.2) is 4.98 Å². The molecule has 0 spiro atoms. The van der Waals surface area contributed by atoms with Gasteiger partial charge in [-0.1, -0.05) is 0 Å². The Morgan fingerprint density at radius 1 is 1.35 bits per heavy atom.